The monoisotopic (exact) mass is 296 g/mol. The normalized spacial score (nSPS) is 12.5. The number of halogens is 1. The molecule has 0 aromatic heterocycles. The SMILES string of the molecule is Cc1ccc2ccccc2c1C(O)Cc1ccccc1Cl. The third kappa shape index (κ3) is 2.80. The Kier molecular flexibility index (Phi) is 3.96. The van der Waals surface area contributed by atoms with Gasteiger partial charge in [-0.2, -0.15) is 0 Å². The third-order valence-electron chi connectivity index (χ3n) is 3.89. The van der Waals surface area contributed by atoms with Crippen LogP contribution in [-0.2, 0) is 6.42 Å². The van der Waals surface area contributed by atoms with Crippen molar-refractivity contribution < 1.29 is 5.11 Å². The summed E-state index contributed by atoms with van der Waals surface area (Å²) in [6, 6.07) is 20.0. The second kappa shape index (κ2) is 5.88. The molecule has 0 saturated carbocycles. The summed E-state index contributed by atoms with van der Waals surface area (Å²) in [6.07, 6.45) is -0.0369. The van der Waals surface area contributed by atoms with E-state index in [1.165, 1.54) is 0 Å². The van der Waals surface area contributed by atoms with Crippen LogP contribution in [0.1, 0.15) is 22.8 Å². The molecule has 0 amide bonds. The summed E-state index contributed by atoms with van der Waals surface area (Å²) in [6.45, 7) is 2.04. The number of aliphatic hydroxyl groups is 1. The zero-order valence-electron chi connectivity index (χ0n) is 11.9. The van der Waals surface area contributed by atoms with Gasteiger partial charge >= 0.3 is 0 Å². The van der Waals surface area contributed by atoms with Gasteiger partial charge in [0.25, 0.3) is 0 Å². The molecule has 0 fully saturated rings. The minimum absolute atomic E-state index is 0.522. The van der Waals surface area contributed by atoms with Gasteiger partial charge < -0.3 is 5.11 Å². The molecule has 1 atom stereocenters. The van der Waals surface area contributed by atoms with Crippen molar-refractivity contribution in [3.05, 3.63) is 82.4 Å². The molecule has 0 radical (unpaired) electrons. The summed E-state index contributed by atoms with van der Waals surface area (Å²) in [4.78, 5) is 0. The zero-order chi connectivity index (χ0) is 14.8. The maximum absolute atomic E-state index is 10.7. The topological polar surface area (TPSA) is 20.2 Å². The first-order valence-electron chi connectivity index (χ1n) is 7.06. The molecular weight excluding hydrogens is 280 g/mol. The Balaban J connectivity index is 2.04. The lowest BCUT2D eigenvalue weighted by molar-refractivity contribution is 0.179. The van der Waals surface area contributed by atoms with Crippen LogP contribution in [0.15, 0.2) is 60.7 Å². The fourth-order valence-electron chi connectivity index (χ4n) is 2.82. The zero-order valence-corrected chi connectivity index (χ0v) is 12.6. The molecule has 21 heavy (non-hydrogen) atoms. The fourth-order valence-corrected chi connectivity index (χ4v) is 3.03. The predicted molar refractivity (Wildman–Crippen MR) is 88.8 cm³/mol. The molecule has 0 aliphatic rings. The van der Waals surface area contributed by atoms with Crippen molar-refractivity contribution in [1.82, 2.24) is 0 Å². The van der Waals surface area contributed by atoms with E-state index in [2.05, 4.69) is 24.3 Å². The number of hydrogen-bond donors (Lipinski definition) is 1. The van der Waals surface area contributed by atoms with Crippen molar-refractivity contribution in [2.45, 2.75) is 19.4 Å². The lowest BCUT2D eigenvalue weighted by Crippen LogP contribution is -2.05. The summed E-state index contributed by atoms with van der Waals surface area (Å²) < 4.78 is 0. The van der Waals surface area contributed by atoms with Crippen molar-refractivity contribution in [3.8, 4) is 0 Å². The molecule has 0 spiro atoms. The number of aryl methyl sites for hydroxylation is 1. The maximum atomic E-state index is 10.7. The molecule has 1 N–H and O–H groups in total. The molecule has 0 bridgehead atoms. The largest absolute Gasteiger partial charge is 0.388 e. The van der Waals surface area contributed by atoms with Crippen molar-refractivity contribution in [2.75, 3.05) is 0 Å². The highest BCUT2D eigenvalue weighted by molar-refractivity contribution is 6.31. The van der Waals surface area contributed by atoms with Crippen LogP contribution in [0, 0.1) is 6.92 Å². The van der Waals surface area contributed by atoms with E-state index < -0.39 is 6.10 Å². The molecule has 2 heteroatoms. The van der Waals surface area contributed by atoms with Crippen molar-refractivity contribution in [2.24, 2.45) is 0 Å². The van der Waals surface area contributed by atoms with Gasteiger partial charge in [0, 0.05) is 11.4 Å². The van der Waals surface area contributed by atoms with Gasteiger partial charge in [0.2, 0.25) is 0 Å². The van der Waals surface area contributed by atoms with E-state index >= 15 is 0 Å². The first-order chi connectivity index (χ1) is 10.2. The fraction of sp³-hybridized carbons (Fsp3) is 0.158. The molecule has 3 aromatic rings. The van der Waals surface area contributed by atoms with Gasteiger partial charge in [-0.25, -0.2) is 0 Å². The van der Waals surface area contributed by atoms with Crippen LogP contribution in [-0.4, -0.2) is 5.11 Å². The first-order valence-corrected chi connectivity index (χ1v) is 7.44. The van der Waals surface area contributed by atoms with Gasteiger partial charge in [0.05, 0.1) is 6.10 Å². The van der Waals surface area contributed by atoms with Gasteiger partial charge in [-0.05, 0) is 40.5 Å². The Morgan fingerprint density at radius 2 is 1.67 bits per heavy atom. The Morgan fingerprint density at radius 1 is 0.952 bits per heavy atom. The summed E-state index contributed by atoms with van der Waals surface area (Å²) >= 11 is 6.20. The van der Waals surface area contributed by atoms with Gasteiger partial charge in [-0.15, -0.1) is 0 Å². The minimum atomic E-state index is -0.559. The van der Waals surface area contributed by atoms with Crippen LogP contribution >= 0.6 is 11.6 Å². The smallest absolute Gasteiger partial charge is 0.0839 e. The molecule has 0 aliphatic carbocycles. The van der Waals surface area contributed by atoms with E-state index in [1.54, 1.807) is 0 Å². The Morgan fingerprint density at radius 3 is 2.48 bits per heavy atom. The van der Waals surface area contributed by atoms with Crippen LogP contribution in [0.4, 0.5) is 0 Å². The number of benzene rings is 3. The number of aliphatic hydroxyl groups excluding tert-OH is 1. The molecule has 0 aliphatic heterocycles. The Labute approximate surface area is 129 Å². The van der Waals surface area contributed by atoms with E-state index in [0.717, 1.165) is 27.5 Å². The molecule has 106 valence electrons. The predicted octanol–water partition coefficient (Wildman–Crippen LogP) is 5.08. The molecule has 1 unspecified atom stereocenters. The van der Waals surface area contributed by atoms with Gasteiger partial charge in [-0.1, -0.05) is 66.2 Å². The lowest BCUT2D eigenvalue weighted by Gasteiger charge is -2.17. The summed E-state index contributed by atoms with van der Waals surface area (Å²) in [7, 11) is 0. The second-order valence-electron chi connectivity index (χ2n) is 5.33. The lowest BCUT2D eigenvalue weighted by atomic mass is 9.92. The highest BCUT2D eigenvalue weighted by atomic mass is 35.5. The van der Waals surface area contributed by atoms with E-state index in [1.807, 2.05) is 43.3 Å². The minimum Gasteiger partial charge on any atom is -0.388 e. The van der Waals surface area contributed by atoms with E-state index in [4.69, 9.17) is 11.6 Å². The molecular formula is C19H17ClO. The molecule has 3 aromatic carbocycles. The summed E-state index contributed by atoms with van der Waals surface area (Å²) in [5.74, 6) is 0. The standard InChI is InChI=1S/C19H17ClO/c1-13-10-11-14-6-2-4-8-16(14)19(13)18(21)12-15-7-3-5-9-17(15)20/h2-11,18,21H,12H2,1H3. The first kappa shape index (κ1) is 14.1. The van der Waals surface area contributed by atoms with Crippen LogP contribution in [0.25, 0.3) is 10.8 Å². The van der Waals surface area contributed by atoms with Crippen LogP contribution in [0.3, 0.4) is 0 Å². The molecule has 3 rings (SSSR count). The highest BCUT2D eigenvalue weighted by Gasteiger charge is 2.15. The summed E-state index contributed by atoms with van der Waals surface area (Å²) in [5, 5.41) is 13.7. The van der Waals surface area contributed by atoms with E-state index in [0.29, 0.717) is 11.4 Å². The quantitative estimate of drug-likeness (QED) is 0.715. The molecule has 0 heterocycles. The van der Waals surface area contributed by atoms with Crippen molar-refractivity contribution >= 4 is 22.4 Å². The van der Waals surface area contributed by atoms with Gasteiger partial charge in [0.15, 0.2) is 0 Å². The van der Waals surface area contributed by atoms with Crippen LogP contribution in [0.5, 0.6) is 0 Å². The van der Waals surface area contributed by atoms with Crippen molar-refractivity contribution in [1.29, 1.82) is 0 Å². The Bertz CT molecular complexity index is 779. The number of fused-ring (bicyclic) bond motifs is 1. The van der Waals surface area contributed by atoms with E-state index in [9.17, 15) is 5.11 Å². The van der Waals surface area contributed by atoms with Crippen LogP contribution in [0.2, 0.25) is 5.02 Å². The molecule has 0 saturated heterocycles. The van der Waals surface area contributed by atoms with Gasteiger partial charge in [0.1, 0.15) is 0 Å². The average Bonchev–Trinajstić information content (AvgIpc) is 2.49. The molecule has 1 nitrogen and oxygen atoms in total. The van der Waals surface area contributed by atoms with Crippen molar-refractivity contribution in [3.63, 3.8) is 0 Å². The highest BCUT2D eigenvalue weighted by Crippen LogP contribution is 2.31. The number of rotatable bonds is 3. The second-order valence-corrected chi connectivity index (χ2v) is 5.74. The van der Waals surface area contributed by atoms with Gasteiger partial charge in [-0.3, -0.25) is 0 Å². The average molecular weight is 297 g/mol. The Hall–Kier alpha value is -1.83. The number of hydrogen-bond acceptors (Lipinski definition) is 1. The van der Waals surface area contributed by atoms with Crippen LogP contribution < -0.4 is 0 Å². The van der Waals surface area contributed by atoms with E-state index in [-0.39, 0.29) is 0 Å². The summed E-state index contributed by atoms with van der Waals surface area (Å²) in [5.41, 5.74) is 3.07. The maximum Gasteiger partial charge on any atom is 0.0839 e. The third-order valence-corrected chi connectivity index (χ3v) is 4.26.